The molecule has 6 nitrogen and oxygen atoms in total. The van der Waals surface area contributed by atoms with E-state index >= 15 is 0 Å². The highest BCUT2D eigenvalue weighted by molar-refractivity contribution is 5.63. The van der Waals surface area contributed by atoms with Crippen LogP contribution in [0.15, 0.2) is 41.1 Å². The lowest BCUT2D eigenvalue weighted by Crippen LogP contribution is -2.10. The number of hydrogen-bond acceptors (Lipinski definition) is 5. The average Bonchev–Trinajstić information content (AvgIpc) is 3.16. The van der Waals surface area contributed by atoms with E-state index in [0.717, 1.165) is 5.69 Å². The van der Waals surface area contributed by atoms with Crippen molar-refractivity contribution >= 4 is 5.88 Å². The van der Waals surface area contributed by atoms with Gasteiger partial charge >= 0.3 is 0 Å². The first-order chi connectivity index (χ1) is 11.0. The summed E-state index contributed by atoms with van der Waals surface area (Å²) in [6, 6.07) is 7.93. The fourth-order valence-corrected chi connectivity index (χ4v) is 2.29. The Hall–Kier alpha value is -2.83. The Kier molecular flexibility index (Phi) is 4.01. The molecule has 0 bridgehead atoms. The molecule has 2 aromatic heterocycles. The Morgan fingerprint density at radius 3 is 2.87 bits per heavy atom. The van der Waals surface area contributed by atoms with Gasteiger partial charge in [0.2, 0.25) is 5.88 Å². The van der Waals surface area contributed by atoms with Crippen LogP contribution < -0.4 is 5.32 Å². The Balaban J connectivity index is 1.72. The molecule has 3 aromatic rings. The highest BCUT2D eigenvalue weighted by atomic mass is 19.1. The molecule has 0 amide bonds. The van der Waals surface area contributed by atoms with E-state index in [1.807, 2.05) is 10.7 Å². The maximum atomic E-state index is 13.1. The van der Waals surface area contributed by atoms with Gasteiger partial charge in [-0.3, -0.25) is 4.68 Å². The van der Waals surface area contributed by atoms with Crippen LogP contribution in [0, 0.1) is 5.82 Å². The van der Waals surface area contributed by atoms with Gasteiger partial charge in [-0.2, -0.15) is 5.10 Å². The predicted octanol–water partition coefficient (Wildman–Crippen LogP) is 3.58. The monoisotopic (exact) mass is 316 g/mol. The third-order valence-electron chi connectivity index (χ3n) is 3.44. The lowest BCUT2D eigenvalue weighted by Gasteiger charge is -2.10. The van der Waals surface area contributed by atoms with E-state index in [1.165, 1.54) is 18.2 Å². The largest absolute Gasteiger partial charge is 0.505 e. The van der Waals surface area contributed by atoms with Crippen molar-refractivity contribution in [1.82, 2.24) is 14.9 Å². The number of phenols is 1. The Morgan fingerprint density at radius 2 is 2.13 bits per heavy atom. The molecule has 0 aliphatic rings. The number of phenolic OH excluding ortho intramolecular Hbond substituents is 1. The third kappa shape index (κ3) is 3.18. The summed E-state index contributed by atoms with van der Waals surface area (Å²) in [5.41, 5.74) is 2.12. The van der Waals surface area contributed by atoms with E-state index < -0.39 is 11.6 Å². The van der Waals surface area contributed by atoms with E-state index in [-0.39, 0.29) is 6.04 Å². The summed E-state index contributed by atoms with van der Waals surface area (Å²) in [6.07, 6.45) is 1.75. The van der Waals surface area contributed by atoms with E-state index in [0.29, 0.717) is 23.7 Å². The molecule has 0 aliphatic heterocycles. The van der Waals surface area contributed by atoms with Crippen molar-refractivity contribution in [2.45, 2.75) is 26.4 Å². The van der Waals surface area contributed by atoms with Crippen LogP contribution in [0.3, 0.4) is 0 Å². The zero-order chi connectivity index (χ0) is 16.4. The van der Waals surface area contributed by atoms with Gasteiger partial charge in [0, 0.05) is 23.9 Å². The molecule has 2 heterocycles. The molecule has 23 heavy (non-hydrogen) atoms. The van der Waals surface area contributed by atoms with Crippen molar-refractivity contribution in [3.63, 3.8) is 0 Å². The van der Waals surface area contributed by atoms with E-state index in [4.69, 9.17) is 4.52 Å². The normalized spacial score (nSPS) is 11.1. The van der Waals surface area contributed by atoms with E-state index in [9.17, 15) is 9.50 Å². The summed E-state index contributed by atoms with van der Waals surface area (Å²) < 4.78 is 20.2. The quantitative estimate of drug-likeness (QED) is 0.752. The number of rotatable bonds is 5. The second-order valence-corrected chi connectivity index (χ2v) is 5.46. The van der Waals surface area contributed by atoms with Crippen molar-refractivity contribution in [2.24, 2.45) is 0 Å². The highest BCUT2D eigenvalue weighted by Gasteiger charge is 2.10. The summed E-state index contributed by atoms with van der Waals surface area (Å²) >= 11 is 0. The van der Waals surface area contributed by atoms with Gasteiger partial charge in [0.25, 0.3) is 0 Å². The lowest BCUT2D eigenvalue weighted by molar-refractivity contribution is 0.430. The van der Waals surface area contributed by atoms with Crippen molar-refractivity contribution < 1.29 is 14.0 Å². The molecular formula is C16H17FN4O2. The van der Waals surface area contributed by atoms with Crippen LogP contribution in [0.2, 0.25) is 0 Å². The number of hydrogen-bond donors (Lipinski definition) is 2. The molecule has 0 aliphatic carbocycles. The summed E-state index contributed by atoms with van der Waals surface area (Å²) in [5, 5.41) is 20.7. The number of aromatic nitrogens is 3. The molecule has 1 aromatic carbocycles. The maximum absolute atomic E-state index is 13.1. The molecule has 3 rings (SSSR count). The number of halogens is 1. The summed E-state index contributed by atoms with van der Waals surface area (Å²) in [4.78, 5) is 0. The van der Waals surface area contributed by atoms with Crippen LogP contribution in [0.5, 0.6) is 5.75 Å². The first-order valence-corrected chi connectivity index (χ1v) is 7.26. The number of nitrogens with one attached hydrogen (secondary N) is 1. The van der Waals surface area contributed by atoms with E-state index in [1.54, 1.807) is 12.3 Å². The molecule has 0 spiro atoms. The van der Waals surface area contributed by atoms with Gasteiger partial charge in [0.1, 0.15) is 5.69 Å². The molecule has 0 saturated heterocycles. The minimum Gasteiger partial charge on any atom is -0.505 e. The minimum atomic E-state index is -0.669. The fraction of sp³-hybridized carbons (Fsp3) is 0.250. The molecule has 2 N–H and O–H groups in total. The van der Waals surface area contributed by atoms with Crippen molar-refractivity contribution in [3.8, 4) is 17.0 Å². The first-order valence-electron chi connectivity index (χ1n) is 7.26. The van der Waals surface area contributed by atoms with Crippen LogP contribution in [0.4, 0.5) is 10.3 Å². The second kappa shape index (κ2) is 6.12. The zero-order valence-corrected chi connectivity index (χ0v) is 12.8. The van der Waals surface area contributed by atoms with Gasteiger partial charge in [-0.15, -0.1) is 0 Å². The Morgan fingerprint density at radius 1 is 1.30 bits per heavy atom. The van der Waals surface area contributed by atoms with Gasteiger partial charge in [-0.25, -0.2) is 4.39 Å². The number of anilines is 1. The number of nitrogens with zero attached hydrogens (tertiary/aromatic N) is 3. The summed E-state index contributed by atoms with van der Waals surface area (Å²) in [5.74, 6) is -0.598. The molecule has 0 unspecified atom stereocenters. The van der Waals surface area contributed by atoms with E-state index in [2.05, 4.69) is 29.4 Å². The second-order valence-electron chi connectivity index (χ2n) is 5.46. The van der Waals surface area contributed by atoms with Crippen LogP contribution >= 0.6 is 0 Å². The topological polar surface area (TPSA) is 76.1 Å². The molecule has 120 valence electrons. The Labute approximate surface area is 132 Å². The molecular weight excluding hydrogens is 299 g/mol. The smallest absolute Gasteiger partial charge is 0.225 e. The van der Waals surface area contributed by atoms with Crippen LogP contribution in [0.1, 0.15) is 25.6 Å². The molecule has 7 heteroatoms. The maximum Gasteiger partial charge on any atom is 0.225 e. The standard InChI is InChI=1S/C16H17FN4O2/c1-10(2)21-12(5-6-19-21)9-18-16-8-14(20-23-16)11-3-4-13(17)15(22)7-11/h3-8,10,18,22H,9H2,1-2H3. The summed E-state index contributed by atoms with van der Waals surface area (Å²) in [6.45, 7) is 4.66. The highest BCUT2D eigenvalue weighted by Crippen LogP contribution is 2.26. The SMILES string of the molecule is CC(C)n1nccc1CNc1cc(-c2ccc(F)c(O)c2)no1. The predicted molar refractivity (Wildman–Crippen MR) is 83.5 cm³/mol. The molecule has 0 saturated carbocycles. The van der Waals surface area contributed by atoms with Crippen LogP contribution in [-0.4, -0.2) is 20.0 Å². The Bertz CT molecular complexity index is 810. The van der Waals surface area contributed by atoms with Gasteiger partial charge in [0.05, 0.1) is 12.2 Å². The minimum absolute atomic E-state index is 0.272. The molecule has 0 radical (unpaired) electrons. The van der Waals surface area contributed by atoms with Gasteiger partial charge in [0.15, 0.2) is 11.6 Å². The fourth-order valence-electron chi connectivity index (χ4n) is 2.29. The zero-order valence-electron chi connectivity index (χ0n) is 12.8. The van der Waals surface area contributed by atoms with Crippen molar-refractivity contribution in [2.75, 3.05) is 5.32 Å². The average molecular weight is 316 g/mol. The van der Waals surface area contributed by atoms with Gasteiger partial charge in [-0.1, -0.05) is 5.16 Å². The lowest BCUT2D eigenvalue weighted by atomic mass is 10.1. The van der Waals surface area contributed by atoms with Crippen LogP contribution in [0.25, 0.3) is 11.3 Å². The van der Waals surface area contributed by atoms with Gasteiger partial charge < -0.3 is 14.9 Å². The van der Waals surface area contributed by atoms with Crippen molar-refractivity contribution in [1.29, 1.82) is 0 Å². The third-order valence-corrected chi connectivity index (χ3v) is 3.44. The summed E-state index contributed by atoms with van der Waals surface area (Å²) in [7, 11) is 0. The van der Waals surface area contributed by atoms with Crippen molar-refractivity contribution in [3.05, 3.63) is 48.0 Å². The van der Waals surface area contributed by atoms with Gasteiger partial charge in [-0.05, 0) is 38.1 Å². The molecule has 0 atom stereocenters. The number of aromatic hydroxyl groups is 1. The first kappa shape index (κ1) is 15.1. The number of benzene rings is 1. The molecule has 0 fully saturated rings. The van der Waals surface area contributed by atoms with Crippen LogP contribution in [-0.2, 0) is 6.54 Å².